The summed E-state index contributed by atoms with van der Waals surface area (Å²) in [6.07, 6.45) is 6.50. The molecule has 0 aromatic heterocycles. The van der Waals surface area contributed by atoms with Crippen molar-refractivity contribution >= 4 is 17.8 Å². The van der Waals surface area contributed by atoms with E-state index in [2.05, 4.69) is 15.1 Å². The largest absolute Gasteiger partial charge is 0.483 e. The maximum atomic E-state index is 13.6. The van der Waals surface area contributed by atoms with E-state index in [-0.39, 0.29) is 23.6 Å². The topological polar surface area (TPSA) is 68.7 Å². The number of nitrogens with one attached hydrogen (secondary N) is 2. The lowest BCUT2D eigenvalue weighted by atomic mass is 9.98. The normalized spacial score (nSPS) is 18.1. The molecule has 2 aromatic rings. The van der Waals surface area contributed by atoms with Crippen LogP contribution in [-0.2, 0) is 16.1 Å². The maximum absolute atomic E-state index is 13.6. The Morgan fingerprint density at radius 1 is 1.09 bits per heavy atom. The molecule has 7 heteroatoms. The Kier molecular flexibility index (Phi) is 8.53. The molecule has 186 valence electrons. The van der Waals surface area contributed by atoms with E-state index in [9.17, 15) is 9.18 Å². The number of hydrogen-bond donors (Lipinski definition) is 2. The molecular formula is C28H35FN4O2. The van der Waals surface area contributed by atoms with Crippen molar-refractivity contribution in [1.29, 1.82) is 5.41 Å². The van der Waals surface area contributed by atoms with Gasteiger partial charge in [0, 0.05) is 44.6 Å². The zero-order valence-corrected chi connectivity index (χ0v) is 20.4. The summed E-state index contributed by atoms with van der Waals surface area (Å²) in [6, 6.07) is 14.6. The van der Waals surface area contributed by atoms with Crippen LogP contribution < -0.4 is 5.32 Å². The number of nitrogens with zero attached hydrogens (tertiary/aromatic N) is 2. The van der Waals surface area contributed by atoms with Crippen molar-refractivity contribution in [2.75, 3.05) is 31.5 Å². The van der Waals surface area contributed by atoms with Crippen molar-refractivity contribution in [3.05, 3.63) is 76.9 Å². The molecule has 2 aromatic carbocycles. The standard InChI is InChI=1S/C28H35FN4O2/c1-21-18-22(12-13-25(21)29)20-32-14-16-33(17-15-32)26(19-30)27(35-24-10-6-3-7-11-24)28(34)31-23-8-4-2-5-9-23/h2,4-5,8-9,12-13,18-19,24,30H,3,6-7,10-11,14-17,20H2,1H3,(H,31,34)/b27-26-,30-19?. The number of halogens is 1. The summed E-state index contributed by atoms with van der Waals surface area (Å²) < 4.78 is 19.9. The van der Waals surface area contributed by atoms with Crippen LogP contribution in [0.1, 0.15) is 43.2 Å². The van der Waals surface area contributed by atoms with E-state index < -0.39 is 0 Å². The monoisotopic (exact) mass is 478 g/mol. The lowest BCUT2D eigenvalue weighted by Crippen LogP contribution is -2.46. The SMILES string of the molecule is Cc1cc(CN2CCN(/C(C=N)=C(\OC3CCCCC3)C(=O)Nc3ccccc3)CC2)ccc1F. The van der Waals surface area contributed by atoms with Gasteiger partial charge in [-0.05, 0) is 61.9 Å². The van der Waals surface area contributed by atoms with Gasteiger partial charge in [0.05, 0.1) is 6.10 Å². The number of benzene rings is 2. The van der Waals surface area contributed by atoms with Crippen LogP contribution in [-0.4, -0.2) is 54.2 Å². The molecular weight excluding hydrogens is 443 g/mol. The van der Waals surface area contributed by atoms with Gasteiger partial charge in [-0.1, -0.05) is 36.8 Å². The van der Waals surface area contributed by atoms with Gasteiger partial charge >= 0.3 is 0 Å². The van der Waals surface area contributed by atoms with Crippen molar-refractivity contribution < 1.29 is 13.9 Å². The number of ether oxygens (including phenoxy) is 1. The molecule has 0 atom stereocenters. The Labute approximate surface area is 207 Å². The third-order valence-corrected chi connectivity index (χ3v) is 6.79. The van der Waals surface area contributed by atoms with Crippen LogP contribution in [0.5, 0.6) is 0 Å². The molecule has 0 radical (unpaired) electrons. The second-order valence-corrected chi connectivity index (χ2v) is 9.40. The second-order valence-electron chi connectivity index (χ2n) is 9.40. The van der Waals surface area contributed by atoms with Crippen LogP contribution in [0.3, 0.4) is 0 Å². The molecule has 0 unspecified atom stereocenters. The molecule has 4 rings (SSSR count). The summed E-state index contributed by atoms with van der Waals surface area (Å²) in [5.74, 6) is -0.263. The van der Waals surface area contributed by atoms with Gasteiger partial charge in [0.25, 0.3) is 5.91 Å². The molecule has 1 saturated carbocycles. The van der Waals surface area contributed by atoms with E-state index in [1.54, 1.807) is 6.92 Å². The summed E-state index contributed by atoms with van der Waals surface area (Å²) in [7, 11) is 0. The number of allylic oxidation sites excluding steroid dienone is 1. The first kappa shape index (κ1) is 24.9. The quantitative estimate of drug-likeness (QED) is 0.315. The minimum absolute atomic E-state index is 0.00164. The highest BCUT2D eigenvalue weighted by Gasteiger charge is 2.27. The summed E-state index contributed by atoms with van der Waals surface area (Å²) in [5, 5.41) is 11.1. The van der Waals surface area contributed by atoms with Crippen LogP contribution in [0.15, 0.2) is 60.0 Å². The van der Waals surface area contributed by atoms with E-state index in [0.717, 1.165) is 50.9 Å². The van der Waals surface area contributed by atoms with Gasteiger partial charge in [-0.15, -0.1) is 0 Å². The number of aryl methyl sites for hydroxylation is 1. The highest BCUT2D eigenvalue weighted by Crippen LogP contribution is 2.25. The summed E-state index contributed by atoms with van der Waals surface area (Å²) in [4.78, 5) is 17.7. The first-order chi connectivity index (χ1) is 17.0. The zero-order chi connectivity index (χ0) is 24.6. The highest BCUT2D eigenvalue weighted by atomic mass is 19.1. The van der Waals surface area contributed by atoms with Crippen molar-refractivity contribution in [3.8, 4) is 0 Å². The van der Waals surface area contributed by atoms with Crippen molar-refractivity contribution in [3.63, 3.8) is 0 Å². The van der Waals surface area contributed by atoms with Gasteiger partial charge in [0.15, 0.2) is 0 Å². The first-order valence-electron chi connectivity index (χ1n) is 12.5. The van der Waals surface area contributed by atoms with Gasteiger partial charge in [-0.25, -0.2) is 4.39 Å². The molecule has 2 fully saturated rings. The molecule has 1 amide bonds. The number of amides is 1. The third kappa shape index (κ3) is 6.69. The Balaban J connectivity index is 1.48. The summed E-state index contributed by atoms with van der Waals surface area (Å²) in [6.45, 7) is 5.46. The van der Waals surface area contributed by atoms with E-state index >= 15 is 0 Å². The predicted octanol–water partition coefficient (Wildman–Crippen LogP) is 5.10. The molecule has 1 aliphatic carbocycles. The predicted molar refractivity (Wildman–Crippen MR) is 137 cm³/mol. The number of carbonyl (C=O) groups is 1. The number of carbonyl (C=O) groups excluding carboxylic acids is 1. The van der Waals surface area contributed by atoms with Crippen LogP contribution in [0.25, 0.3) is 0 Å². The van der Waals surface area contributed by atoms with Crippen LogP contribution in [0.4, 0.5) is 10.1 Å². The number of para-hydroxylation sites is 1. The number of piperazine rings is 1. The zero-order valence-electron chi connectivity index (χ0n) is 20.4. The lowest BCUT2D eigenvalue weighted by molar-refractivity contribution is -0.117. The molecule has 1 heterocycles. The van der Waals surface area contributed by atoms with E-state index in [1.165, 1.54) is 18.7 Å². The van der Waals surface area contributed by atoms with Crippen molar-refractivity contribution in [2.45, 2.75) is 51.7 Å². The number of hydrogen-bond acceptors (Lipinski definition) is 5. The minimum atomic E-state index is -0.315. The summed E-state index contributed by atoms with van der Waals surface area (Å²) >= 11 is 0. The lowest BCUT2D eigenvalue weighted by Gasteiger charge is -2.37. The van der Waals surface area contributed by atoms with Gasteiger partial charge in [-0.2, -0.15) is 0 Å². The maximum Gasteiger partial charge on any atom is 0.293 e. The number of rotatable bonds is 8. The highest BCUT2D eigenvalue weighted by molar-refractivity contribution is 6.05. The molecule has 2 N–H and O–H groups in total. The van der Waals surface area contributed by atoms with E-state index in [1.807, 2.05) is 42.5 Å². The minimum Gasteiger partial charge on any atom is -0.483 e. The Morgan fingerprint density at radius 3 is 2.46 bits per heavy atom. The van der Waals surface area contributed by atoms with Crippen LogP contribution in [0.2, 0.25) is 0 Å². The van der Waals surface area contributed by atoms with Gasteiger partial charge in [-0.3, -0.25) is 9.69 Å². The Bertz CT molecular complexity index is 1040. The average Bonchev–Trinajstić information content (AvgIpc) is 2.88. The van der Waals surface area contributed by atoms with E-state index in [4.69, 9.17) is 10.1 Å². The molecule has 2 aliphatic rings. The van der Waals surface area contributed by atoms with E-state index in [0.29, 0.717) is 30.0 Å². The Hall–Kier alpha value is -3.19. The van der Waals surface area contributed by atoms with Gasteiger partial charge < -0.3 is 20.4 Å². The van der Waals surface area contributed by atoms with Gasteiger partial charge in [0.1, 0.15) is 11.5 Å². The van der Waals surface area contributed by atoms with Crippen LogP contribution >= 0.6 is 0 Å². The molecule has 35 heavy (non-hydrogen) atoms. The first-order valence-corrected chi connectivity index (χ1v) is 12.5. The number of anilines is 1. The van der Waals surface area contributed by atoms with Gasteiger partial charge in [0.2, 0.25) is 5.76 Å². The Morgan fingerprint density at radius 2 is 1.80 bits per heavy atom. The fraction of sp³-hybridized carbons (Fsp3) is 0.429. The molecule has 1 saturated heterocycles. The molecule has 1 aliphatic heterocycles. The molecule has 0 bridgehead atoms. The smallest absolute Gasteiger partial charge is 0.293 e. The fourth-order valence-corrected chi connectivity index (χ4v) is 4.80. The van der Waals surface area contributed by atoms with Crippen molar-refractivity contribution in [2.24, 2.45) is 0 Å². The van der Waals surface area contributed by atoms with Crippen molar-refractivity contribution in [1.82, 2.24) is 9.80 Å². The fourth-order valence-electron chi connectivity index (χ4n) is 4.80. The third-order valence-electron chi connectivity index (χ3n) is 6.79. The molecule has 6 nitrogen and oxygen atoms in total. The summed E-state index contributed by atoms with van der Waals surface area (Å²) in [5.41, 5.74) is 2.97. The van der Waals surface area contributed by atoms with Crippen LogP contribution in [0, 0.1) is 18.2 Å². The molecule has 0 spiro atoms. The second kappa shape index (κ2) is 12.0. The average molecular weight is 479 g/mol.